The van der Waals surface area contributed by atoms with Gasteiger partial charge in [-0.2, -0.15) is 9.49 Å². The maximum atomic E-state index is 14.1. The Labute approximate surface area is 121 Å². The summed E-state index contributed by atoms with van der Waals surface area (Å²) in [7, 11) is 0. The average Bonchev–Trinajstić information content (AvgIpc) is 2.66. The Balaban J connectivity index is 2.42. The molecule has 7 heteroatoms. The van der Waals surface area contributed by atoms with Crippen molar-refractivity contribution in [3.63, 3.8) is 0 Å². The molecule has 0 aliphatic heterocycles. The topological polar surface area (TPSA) is 87.0 Å². The van der Waals surface area contributed by atoms with E-state index >= 15 is 0 Å². The fourth-order valence-electron chi connectivity index (χ4n) is 2.51. The number of aromatic nitrogens is 2. The zero-order valence-electron chi connectivity index (χ0n) is 12.1. The maximum Gasteiger partial charge on any atom is 0.305 e. The normalized spacial score (nSPS) is 12.4. The van der Waals surface area contributed by atoms with Gasteiger partial charge in [0.25, 0.3) is 0 Å². The Kier molecular flexibility index (Phi) is 4.04. The van der Waals surface area contributed by atoms with Crippen molar-refractivity contribution in [1.82, 2.24) is 9.78 Å². The van der Waals surface area contributed by atoms with Gasteiger partial charge in [0, 0.05) is 28.9 Å². The lowest BCUT2D eigenvalue weighted by molar-refractivity contribution is -0.387. The molecule has 2 N–H and O–H groups in total. The molecular weight excluding hydrogens is 275 g/mol. The lowest BCUT2D eigenvalue weighted by Gasteiger charge is -2.08. The highest BCUT2D eigenvalue weighted by Gasteiger charge is 2.20. The van der Waals surface area contributed by atoms with Crippen molar-refractivity contribution in [3.05, 3.63) is 56.6 Å². The SMILES string of the molecule is Cc1nn(Cc2cccc([N+](=O)[O-])c2F)c(C)c1C(C)N. The number of halogens is 1. The Morgan fingerprint density at radius 3 is 2.67 bits per heavy atom. The molecule has 2 rings (SSSR count). The van der Waals surface area contributed by atoms with Gasteiger partial charge >= 0.3 is 5.69 Å². The van der Waals surface area contributed by atoms with Crippen LogP contribution in [0.4, 0.5) is 10.1 Å². The average molecular weight is 292 g/mol. The van der Waals surface area contributed by atoms with E-state index < -0.39 is 16.4 Å². The Hall–Kier alpha value is -2.28. The Morgan fingerprint density at radius 1 is 1.48 bits per heavy atom. The Bertz CT molecular complexity index is 695. The van der Waals surface area contributed by atoms with Crippen molar-refractivity contribution < 1.29 is 9.31 Å². The summed E-state index contributed by atoms with van der Waals surface area (Å²) in [6.45, 7) is 5.68. The molecule has 1 aromatic carbocycles. The number of nitro benzene ring substituents is 1. The highest BCUT2D eigenvalue weighted by atomic mass is 19.1. The van der Waals surface area contributed by atoms with Gasteiger partial charge in [-0.05, 0) is 20.8 Å². The summed E-state index contributed by atoms with van der Waals surface area (Å²) >= 11 is 0. The van der Waals surface area contributed by atoms with Crippen LogP contribution in [-0.2, 0) is 6.54 Å². The molecule has 21 heavy (non-hydrogen) atoms. The fourth-order valence-corrected chi connectivity index (χ4v) is 2.51. The molecule has 1 heterocycles. The molecule has 0 saturated heterocycles. The summed E-state index contributed by atoms with van der Waals surface area (Å²) in [5, 5.41) is 15.1. The van der Waals surface area contributed by atoms with E-state index in [9.17, 15) is 14.5 Å². The largest absolute Gasteiger partial charge is 0.324 e. The molecule has 0 spiro atoms. The van der Waals surface area contributed by atoms with Crippen LogP contribution in [0.2, 0.25) is 0 Å². The molecule has 1 unspecified atom stereocenters. The first-order chi connectivity index (χ1) is 9.82. The highest BCUT2D eigenvalue weighted by Crippen LogP contribution is 2.24. The number of nitrogens with two attached hydrogens (primary N) is 1. The molecule has 0 fully saturated rings. The van der Waals surface area contributed by atoms with Gasteiger partial charge in [-0.25, -0.2) is 0 Å². The first-order valence-electron chi connectivity index (χ1n) is 6.54. The van der Waals surface area contributed by atoms with Crippen molar-refractivity contribution in [1.29, 1.82) is 0 Å². The lowest BCUT2D eigenvalue weighted by atomic mass is 10.1. The second-order valence-corrected chi connectivity index (χ2v) is 5.04. The van der Waals surface area contributed by atoms with E-state index in [2.05, 4.69) is 5.10 Å². The smallest absolute Gasteiger partial charge is 0.305 e. The van der Waals surface area contributed by atoms with Crippen LogP contribution in [0.1, 0.15) is 35.5 Å². The van der Waals surface area contributed by atoms with Gasteiger partial charge in [-0.1, -0.05) is 12.1 Å². The van der Waals surface area contributed by atoms with Crippen molar-refractivity contribution >= 4 is 5.69 Å². The van der Waals surface area contributed by atoms with E-state index in [1.807, 2.05) is 20.8 Å². The number of nitrogens with zero attached hydrogens (tertiary/aromatic N) is 3. The van der Waals surface area contributed by atoms with Crippen LogP contribution in [0, 0.1) is 29.8 Å². The fraction of sp³-hybridized carbons (Fsp3) is 0.357. The molecular formula is C14H17FN4O2. The van der Waals surface area contributed by atoms with E-state index in [-0.39, 0.29) is 18.2 Å². The third-order valence-corrected chi connectivity index (χ3v) is 3.47. The van der Waals surface area contributed by atoms with Crippen LogP contribution >= 0.6 is 0 Å². The molecule has 0 bridgehead atoms. The molecule has 0 saturated carbocycles. The maximum absolute atomic E-state index is 14.1. The second-order valence-electron chi connectivity index (χ2n) is 5.04. The third kappa shape index (κ3) is 2.78. The number of aryl methyl sites for hydroxylation is 1. The van der Waals surface area contributed by atoms with Gasteiger partial charge in [0.2, 0.25) is 5.82 Å². The highest BCUT2D eigenvalue weighted by molar-refractivity contribution is 5.37. The van der Waals surface area contributed by atoms with Gasteiger partial charge in [0.1, 0.15) is 0 Å². The number of rotatable bonds is 4. The van der Waals surface area contributed by atoms with Crippen molar-refractivity contribution in [2.45, 2.75) is 33.4 Å². The minimum absolute atomic E-state index is 0.132. The number of benzene rings is 1. The third-order valence-electron chi connectivity index (χ3n) is 3.47. The van der Waals surface area contributed by atoms with E-state index in [1.165, 1.54) is 12.1 Å². The van der Waals surface area contributed by atoms with E-state index in [1.54, 1.807) is 4.68 Å². The minimum atomic E-state index is -0.822. The summed E-state index contributed by atoms with van der Waals surface area (Å²) < 4.78 is 15.7. The first kappa shape index (κ1) is 15.1. The molecule has 1 atom stereocenters. The quantitative estimate of drug-likeness (QED) is 0.693. The predicted octanol–water partition coefficient (Wildman–Crippen LogP) is 2.62. The van der Waals surface area contributed by atoms with Crippen molar-refractivity contribution in [3.8, 4) is 0 Å². The van der Waals surface area contributed by atoms with Crippen LogP contribution in [0.15, 0.2) is 18.2 Å². The van der Waals surface area contributed by atoms with Crippen LogP contribution in [0.3, 0.4) is 0 Å². The van der Waals surface area contributed by atoms with Gasteiger partial charge < -0.3 is 5.73 Å². The summed E-state index contributed by atoms with van der Waals surface area (Å²) in [5.74, 6) is -0.822. The molecule has 0 radical (unpaired) electrons. The minimum Gasteiger partial charge on any atom is -0.324 e. The van der Waals surface area contributed by atoms with Gasteiger partial charge in [0.05, 0.1) is 17.2 Å². The molecule has 2 aromatic rings. The lowest BCUT2D eigenvalue weighted by Crippen LogP contribution is -2.10. The van der Waals surface area contributed by atoms with Gasteiger partial charge in [0.15, 0.2) is 0 Å². The van der Waals surface area contributed by atoms with Crippen molar-refractivity contribution in [2.75, 3.05) is 0 Å². The number of hydrogen-bond donors (Lipinski definition) is 1. The van der Waals surface area contributed by atoms with Crippen LogP contribution in [-0.4, -0.2) is 14.7 Å². The van der Waals surface area contributed by atoms with Gasteiger partial charge in [-0.3, -0.25) is 14.8 Å². The molecule has 112 valence electrons. The van der Waals surface area contributed by atoms with E-state index in [4.69, 9.17) is 5.73 Å². The van der Waals surface area contributed by atoms with E-state index in [0.717, 1.165) is 23.0 Å². The number of nitro groups is 1. The summed E-state index contributed by atoms with van der Waals surface area (Å²) in [6, 6.07) is 3.96. The monoisotopic (exact) mass is 292 g/mol. The molecule has 6 nitrogen and oxygen atoms in total. The summed E-state index contributed by atoms with van der Waals surface area (Å²) in [6.07, 6.45) is 0. The summed E-state index contributed by atoms with van der Waals surface area (Å²) in [5.41, 5.74) is 8.14. The first-order valence-corrected chi connectivity index (χ1v) is 6.54. The van der Waals surface area contributed by atoms with Gasteiger partial charge in [-0.15, -0.1) is 0 Å². The van der Waals surface area contributed by atoms with E-state index in [0.29, 0.717) is 0 Å². The molecule has 1 aromatic heterocycles. The summed E-state index contributed by atoms with van der Waals surface area (Å²) in [4.78, 5) is 10.0. The van der Waals surface area contributed by atoms with Crippen molar-refractivity contribution in [2.24, 2.45) is 5.73 Å². The standard InChI is InChI=1S/C14H17FN4O2/c1-8(16)13-9(2)17-18(10(13)3)7-11-5-4-6-12(14(11)15)19(20)21/h4-6,8H,7,16H2,1-3H3. The molecule has 0 amide bonds. The predicted molar refractivity (Wildman–Crippen MR) is 76.5 cm³/mol. The Morgan fingerprint density at radius 2 is 2.14 bits per heavy atom. The molecule has 0 aliphatic rings. The zero-order valence-corrected chi connectivity index (χ0v) is 12.1. The van der Waals surface area contributed by atoms with Crippen LogP contribution < -0.4 is 5.73 Å². The molecule has 0 aliphatic carbocycles. The van der Waals surface area contributed by atoms with Crippen LogP contribution in [0.25, 0.3) is 0 Å². The number of hydrogen-bond acceptors (Lipinski definition) is 4. The second kappa shape index (κ2) is 5.61. The van der Waals surface area contributed by atoms with Crippen LogP contribution in [0.5, 0.6) is 0 Å². The zero-order chi connectivity index (χ0) is 15.7.